The van der Waals surface area contributed by atoms with Crippen LogP contribution in [0.2, 0.25) is 0 Å². The summed E-state index contributed by atoms with van der Waals surface area (Å²) in [4.78, 5) is 16.1. The molecule has 1 aromatic carbocycles. The zero-order chi connectivity index (χ0) is 16.8. The van der Waals surface area contributed by atoms with Gasteiger partial charge in [0.2, 0.25) is 0 Å². The van der Waals surface area contributed by atoms with Crippen molar-refractivity contribution >= 4 is 16.8 Å². The topological polar surface area (TPSA) is 34.9 Å². The summed E-state index contributed by atoms with van der Waals surface area (Å²) in [7, 11) is 0. The molecule has 1 fully saturated rings. The Morgan fingerprint density at radius 2 is 1.88 bits per heavy atom. The van der Waals surface area contributed by atoms with Crippen LogP contribution in [0.4, 0.5) is 13.2 Å². The molecule has 6 heteroatoms. The number of hydrogen-bond donors (Lipinski definition) is 0. The third-order valence-corrected chi connectivity index (χ3v) is 4.28. The molecule has 2 heterocycles. The fourth-order valence-corrected chi connectivity index (χ4v) is 2.79. The van der Waals surface area contributed by atoms with E-state index in [0.717, 1.165) is 25.0 Å². The molecular formula is C18H13F3N2O. The molecule has 3 aromatic rings. The molecular weight excluding hydrogens is 317 g/mol. The number of rotatable bonds is 4. The van der Waals surface area contributed by atoms with Gasteiger partial charge in [0.1, 0.15) is 5.52 Å². The van der Waals surface area contributed by atoms with Crippen LogP contribution >= 0.6 is 0 Å². The molecule has 1 aliphatic carbocycles. The molecule has 0 N–H and O–H groups in total. The Morgan fingerprint density at radius 1 is 1.08 bits per heavy atom. The molecule has 3 nitrogen and oxygen atoms in total. The Balaban J connectivity index is 1.78. The molecule has 24 heavy (non-hydrogen) atoms. The fourth-order valence-electron chi connectivity index (χ4n) is 2.79. The van der Waals surface area contributed by atoms with Crippen molar-refractivity contribution < 1.29 is 18.0 Å². The maximum atomic E-state index is 14.0. The predicted molar refractivity (Wildman–Crippen MR) is 82.8 cm³/mol. The molecule has 4 rings (SSSR count). The number of halogens is 3. The lowest BCUT2D eigenvalue weighted by Crippen LogP contribution is -2.10. The zero-order valence-electron chi connectivity index (χ0n) is 12.6. The molecule has 0 spiro atoms. The molecule has 0 atom stereocenters. The lowest BCUT2D eigenvalue weighted by atomic mass is 10.1. The van der Waals surface area contributed by atoms with Gasteiger partial charge in [-0.1, -0.05) is 6.07 Å². The molecule has 122 valence electrons. The van der Waals surface area contributed by atoms with Gasteiger partial charge in [0, 0.05) is 23.9 Å². The van der Waals surface area contributed by atoms with Gasteiger partial charge < -0.3 is 4.57 Å². The van der Waals surface area contributed by atoms with Crippen molar-refractivity contribution in [2.45, 2.75) is 19.4 Å². The van der Waals surface area contributed by atoms with Crippen LogP contribution in [0.15, 0.2) is 36.7 Å². The van der Waals surface area contributed by atoms with Crippen molar-refractivity contribution in [3.63, 3.8) is 0 Å². The quantitative estimate of drug-likeness (QED) is 0.722. The number of benzene rings is 1. The highest BCUT2D eigenvalue weighted by Crippen LogP contribution is 2.31. The van der Waals surface area contributed by atoms with Gasteiger partial charge in [-0.15, -0.1) is 0 Å². The first-order valence-electron chi connectivity index (χ1n) is 7.65. The van der Waals surface area contributed by atoms with Gasteiger partial charge in [-0.25, -0.2) is 13.2 Å². The highest BCUT2D eigenvalue weighted by Gasteiger charge is 2.29. The summed E-state index contributed by atoms with van der Waals surface area (Å²) in [5, 5.41) is 0. The SMILES string of the molecule is O=C(Cn1cc(F)c2ncc(-c3ccc(F)c(F)c3)cc21)C1CC1. The summed E-state index contributed by atoms with van der Waals surface area (Å²) >= 11 is 0. The van der Waals surface area contributed by atoms with E-state index >= 15 is 0 Å². The van der Waals surface area contributed by atoms with Gasteiger partial charge in [-0.2, -0.15) is 0 Å². The molecule has 0 bridgehead atoms. The minimum Gasteiger partial charge on any atom is -0.336 e. The average molecular weight is 330 g/mol. The molecule has 0 aliphatic heterocycles. The second kappa shape index (κ2) is 5.47. The molecule has 0 radical (unpaired) electrons. The van der Waals surface area contributed by atoms with E-state index in [2.05, 4.69) is 4.98 Å². The summed E-state index contributed by atoms with van der Waals surface area (Å²) in [6.07, 6.45) is 4.44. The van der Waals surface area contributed by atoms with Crippen LogP contribution in [-0.2, 0) is 11.3 Å². The summed E-state index contributed by atoms with van der Waals surface area (Å²) in [6, 6.07) is 5.17. The number of aromatic nitrogens is 2. The minimum absolute atomic E-state index is 0.0742. The van der Waals surface area contributed by atoms with Crippen LogP contribution in [0.1, 0.15) is 12.8 Å². The van der Waals surface area contributed by atoms with E-state index in [1.165, 1.54) is 23.0 Å². The first-order valence-corrected chi connectivity index (χ1v) is 7.65. The van der Waals surface area contributed by atoms with Gasteiger partial charge >= 0.3 is 0 Å². The second-order valence-corrected chi connectivity index (χ2v) is 6.07. The summed E-state index contributed by atoms with van der Waals surface area (Å²) < 4.78 is 42.1. The number of pyridine rings is 1. The Hall–Kier alpha value is -2.63. The summed E-state index contributed by atoms with van der Waals surface area (Å²) in [6.45, 7) is 0.0913. The van der Waals surface area contributed by atoms with E-state index < -0.39 is 17.5 Å². The molecule has 0 saturated heterocycles. The van der Waals surface area contributed by atoms with Crippen molar-refractivity contribution in [2.75, 3.05) is 0 Å². The molecule has 0 amide bonds. The van der Waals surface area contributed by atoms with Crippen molar-refractivity contribution in [1.82, 2.24) is 9.55 Å². The number of carbonyl (C=O) groups is 1. The lowest BCUT2D eigenvalue weighted by molar-refractivity contribution is -0.120. The van der Waals surface area contributed by atoms with E-state index in [-0.39, 0.29) is 23.8 Å². The van der Waals surface area contributed by atoms with Crippen molar-refractivity contribution in [2.24, 2.45) is 5.92 Å². The normalized spacial score (nSPS) is 14.3. The van der Waals surface area contributed by atoms with Crippen molar-refractivity contribution in [1.29, 1.82) is 0 Å². The Kier molecular flexibility index (Phi) is 3.40. The van der Waals surface area contributed by atoms with Crippen LogP contribution in [0.3, 0.4) is 0 Å². The van der Waals surface area contributed by atoms with E-state index in [9.17, 15) is 18.0 Å². The average Bonchev–Trinajstić information content (AvgIpc) is 3.37. The first-order chi connectivity index (χ1) is 11.5. The van der Waals surface area contributed by atoms with Gasteiger partial charge in [0.05, 0.1) is 12.1 Å². The van der Waals surface area contributed by atoms with Crippen LogP contribution in [0.25, 0.3) is 22.2 Å². The molecule has 2 aromatic heterocycles. The molecule has 0 unspecified atom stereocenters. The Bertz CT molecular complexity index is 960. The zero-order valence-corrected chi connectivity index (χ0v) is 12.6. The van der Waals surface area contributed by atoms with E-state index in [1.54, 1.807) is 6.07 Å². The molecule has 1 saturated carbocycles. The number of ketones is 1. The maximum absolute atomic E-state index is 14.0. The van der Waals surface area contributed by atoms with Gasteiger partial charge in [-0.05, 0) is 36.6 Å². The Morgan fingerprint density at radius 3 is 2.58 bits per heavy atom. The van der Waals surface area contributed by atoms with E-state index in [4.69, 9.17) is 0 Å². The monoisotopic (exact) mass is 330 g/mol. The third-order valence-electron chi connectivity index (χ3n) is 4.28. The second-order valence-electron chi connectivity index (χ2n) is 6.07. The lowest BCUT2D eigenvalue weighted by Gasteiger charge is -2.06. The first kappa shape index (κ1) is 14.9. The number of fused-ring (bicyclic) bond motifs is 1. The van der Waals surface area contributed by atoms with E-state index in [0.29, 0.717) is 16.6 Å². The third kappa shape index (κ3) is 2.58. The predicted octanol–water partition coefficient (Wildman–Crippen LogP) is 4.10. The maximum Gasteiger partial charge on any atom is 0.167 e. The van der Waals surface area contributed by atoms with Crippen molar-refractivity contribution in [3.05, 3.63) is 54.1 Å². The van der Waals surface area contributed by atoms with Gasteiger partial charge in [0.25, 0.3) is 0 Å². The summed E-state index contributed by atoms with van der Waals surface area (Å²) in [5.74, 6) is -2.25. The smallest absolute Gasteiger partial charge is 0.167 e. The highest BCUT2D eigenvalue weighted by atomic mass is 19.2. The van der Waals surface area contributed by atoms with Crippen molar-refractivity contribution in [3.8, 4) is 11.1 Å². The largest absolute Gasteiger partial charge is 0.336 e. The standard InChI is InChI=1S/C18H13F3N2O/c19-13-4-3-11(5-14(13)20)12-6-16-18(22-7-12)15(21)8-23(16)9-17(24)10-1-2-10/h3-8,10H,1-2,9H2. The number of hydrogen-bond acceptors (Lipinski definition) is 2. The minimum atomic E-state index is -0.960. The number of Topliss-reactive ketones (excluding diaryl/α,β-unsaturated/α-hetero) is 1. The fraction of sp³-hybridized carbons (Fsp3) is 0.222. The number of carbonyl (C=O) groups excluding carboxylic acids is 1. The Labute approximate surface area is 135 Å². The summed E-state index contributed by atoms with van der Waals surface area (Å²) in [5.41, 5.74) is 1.58. The van der Waals surface area contributed by atoms with Gasteiger partial charge in [0.15, 0.2) is 23.2 Å². The van der Waals surface area contributed by atoms with Crippen LogP contribution < -0.4 is 0 Å². The van der Waals surface area contributed by atoms with Crippen LogP contribution in [0.5, 0.6) is 0 Å². The number of nitrogens with zero attached hydrogens (tertiary/aromatic N) is 2. The van der Waals surface area contributed by atoms with Gasteiger partial charge in [-0.3, -0.25) is 9.78 Å². The van der Waals surface area contributed by atoms with E-state index in [1.807, 2.05) is 0 Å². The van der Waals surface area contributed by atoms with Crippen LogP contribution in [0, 0.1) is 23.4 Å². The highest BCUT2D eigenvalue weighted by molar-refractivity contribution is 5.87. The van der Waals surface area contributed by atoms with Crippen LogP contribution in [-0.4, -0.2) is 15.3 Å². The molecule has 1 aliphatic rings.